The van der Waals surface area contributed by atoms with Crippen LogP contribution in [0.25, 0.3) is 0 Å². The minimum atomic E-state index is -0.813. The number of hydrogen-bond donors (Lipinski definition) is 2. The lowest BCUT2D eigenvalue weighted by atomic mass is 10.2. The van der Waals surface area contributed by atoms with Gasteiger partial charge in [-0.25, -0.2) is 5.43 Å². The van der Waals surface area contributed by atoms with E-state index < -0.39 is 11.8 Å². The van der Waals surface area contributed by atoms with Crippen LogP contribution in [0.3, 0.4) is 0 Å². The van der Waals surface area contributed by atoms with E-state index in [-0.39, 0.29) is 0 Å². The van der Waals surface area contributed by atoms with Crippen molar-refractivity contribution in [1.29, 1.82) is 0 Å². The fourth-order valence-electron chi connectivity index (χ4n) is 3.24. The Kier molecular flexibility index (Phi) is 9.68. The molecule has 0 spiro atoms. The van der Waals surface area contributed by atoms with Crippen molar-refractivity contribution in [3.63, 3.8) is 0 Å². The predicted molar refractivity (Wildman–Crippen MR) is 124 cm³/mol. The summed E-state index contributed by atoms with van der Waals surface area (Å²) in [5.41, 5.74) is 3.97. The van der Waals surface area contributed by atoms with Gasteiger partial charge in [-0.15, -0.1) is 0 Å². The van der Waals surface area contributed by atoms with Gasteiger partial charge in [-0.3, -0.25) is 14.5 Å². The molecule has 2 amide bonds. The molecular formula is C24H30N4O5. The van der Waals surface area contributed by atoms with Gasteiger partial charge in [0.2, 0.25) is 0 Å². The van der Waals surface area contributed by atoms with Crippen molar-refractivity contribution in [2.75, 3.05) is 46.5 Å². The molecule has 9 nitrogen and oxygen atoms in total. The molecule has 0 bridgehead atoms. The van der Waals surface area contributed by atoms with Crippen molar-refractivity contribution < 1.29 is 23.8 Å². The van der Waals surface area contributed by atoms with Gasteiger partial charge in [0.1, 0.15) is 6.61 Å². The highest BCUT2D eigenvalue weighted by atomic mass is 16.5. The van der Waals surface area contributed by atoms with Crippen molar-refractivity contribution in [1.82, 2.24) is 15.6 Å². The molecule has 1 aliphatic rings. The van der Waals surface area contributed by atoms with Gasteiger partial charge in [-0.05, 0) is 42.3 Å². The quantitative estimate of drug-likeness (QED) is 0.245. The van der Waals surface area contributed by atoms with Gasteiger partial charge in [0.15, 0.2) is 11.5 Å². The summed E-state index contributed by atoms with van der Waals surface area (Å²) in [7, 11) is 1.55. The zero-order valence-corrected chi connectivity index (χ0v) is 18.8. The van der Waals surface area contributed by atoms with Gasteiger partial charge in [0.25, 0.3) is 0 Å². The molecule has 33 heavy (non-hydrogen) atoms. The van der Waals surface area contributed by atoms with Crippen molar-refractivity contribution in [2.24, 2.45) is 5.10 Å². The number of nitrogens with one attached hydrogen (secondary N) is 2. The average Bonchev–Trinajstić information content (AvgIpc) is 2.86. The molecule has 2 aromatic rings. The van der Waals surface area contributed by atoms with Crippen molar-refractivity contribution >= 4 is 18.0 Å². The van der Waals surface area contributed by atoms with E-state index in [9.17, 15) is 9.59 Å². The van der Waals surface area contributed by atoms with E-state index in [1.807, 2.05) is 30.3 Å². The summed E-state index contributed by atoms with van der Waals surface area (Å²) in [6.45, 7) is 4.97. The summed E-state index contributed by atoms with van der Waals surface area (Å²) in [5, 5.41) is 6.46. The van der Waals surface area contributed by atoms with Gasteiger partial charge in [0.05, 0.1) is 26.5 Å². The maximum absolute atomic E-state index is 11.9. The molecule has 0 aromatic heterocycles. The molecule has 3 rings (SSSR count). The maximum Gasteiger partial charge on any atom is 0.329 e. The monoisotopic (exact) mass is 454 g/mol. The van der Waals surface area contributed by atoms with Crippen LogP contribution in [0.2, 0.25) is 0 Å². The second-order valence-corrected chi connectivity index (χ2v) is 7.45. The number of hydrazone groups is 1. The maximum atomic E-state index is 11.9. The van der Waals surface area contributed by atoms with Crippen LogP contribution in [0.1, 0.15) is 17.5 Å². The van der Waals surface area contributed by atoms with Crippen LogP contribution in [0.15, 0.2) is 53.6 Å². The van der Waals surface area contributed by atoms with E-state index in [0.29, 0.717) is 30.2 Å². The van der Waals surface area contributed by atoms with Crippen molar-refractivity contribution in [3.8, 4) is 11.5 Å². The van der Waals surface area contributed by atoms with E-state index in [1.54, 1.807) is 25.3 Å². The number of amides is 2. The van der Waals surface area contributed by atoms with Gasteiger partial charge in [-0.1, -0.05) is 30.3 Å². The lowest BCUT2D eigenvalue weighted by Gasteiger charge is -2.26. The SMILES string of the molecule is COc1cc(/C=N\NC(=O)C(=O)NCCCN2CCOCC2)ccc1OCc1ccccc1. The molecule has 0 radical (unpaired) electrons. The third-order valence-corrected chi connectivity index (χ3v) is 5.05. The summed E-state index contributed by atoms with van der Waals surface area (Å²) in [4.78, 5) is 26.1. The molecule has 0 unspecified atom stereocenters. The molecule has 1 saturated heterocycles. The van der Waals surface area contributed by atoms with E-state index in [2.05, 4.69) is 20.7 Å². The van der Waals surface area contributed by atoms with E-state index >= 15 is 0 Å². The lowest BCUT2D eigenvalue weighted by Crippen LogP contribution is -2.40. The summed E-state index contributed by atoms with van der Waals surface area (Å²) in [6, 6.07) is 15.1. The third kappa shape index (κ3) is 8.21. The van der Waals surface area contributed by atoms with Gasteiger partial charge >= 0.3 is 11.8 Å². The first-order valence-electron chi connectivity index (χ1n) is 10.9. The summed E-state index contributed by atoms with van der Waals surface area (Å²) in [5.74, 6) is -0.387. The molecule has 9 heteroatoms. The number of hydrogen-bond acceptors (Lipinski definition) is 7. The van der Waals surface area contributed by atoms with Crippen molar-refractivity contribution in [2.45, 2.75) is 13.0 Å². The van der Waals surface area contributed by atoms with Crippen LogP contribution in [0, 0.1) is 0 Å². The highest BCUT2D eigenvalue weighted by Gasteiger charge is 2.13. The van der Waals surface area contributed by atoms with Crippen LogP contribution in [0.4, 0.5) is 0 Å². The van der Waals surface area contributed by atoms with Crippen LogP contribution in [-0.2, 0) is 20.9 Å². The molecule has 176 valence electrons. The minimum Gasteiger partial charge on any atom is -0.493 e. The first-order valence-corrected chi connectivity index (χ1v) is 10.9. The number of benzene rings is 2. The molecule has 1 aliphatic heterocycles. The van der Waals surface area contributed by atoms with E-state index in [0.717, 1.165) is 44.8 Å². The minimum absolute atomic E-state index is 0.419. The second-order valence-electron chi connectivity index (χ2n) is 7.45. The van der Waals surface area contributed by atoms with E-state index in [1.165, 1.54) is 6.21 Å². The van der Waals surface area contributed by atoms with Gasteiger partial charge in [-0.2, -0.15) is 5.10 Å². The van der Waals surface area contributed by atoms with Crippen LogP contribution in [0.5, 0.6) is 11.5 Å². The number of ether oxygens (including phenoxy) is 3. The van der Waals surface area contributed by atoms with E-state index in [4.69, 9.17) is 14.2 Å². The molecule has 2 N–H and O–H groups in total. The molecule has 2 aromatic carbocycles. The van der Waals surface area contributed by atoms with Gasteiger partial charge in [0, 0.05) is 19.6 Å². The highest BCUT2D eigenvalue weighted by Crippen LogP contribution is 2.28. The summed E-state index contributed by atoms with van der Waals surface area (Å²) in [6.07, 6.45) is 2.20. The summed E-state index contributed by atoms with van der Waals surface area (Å²) < 4.78 is 16.5. The number of carbonyl (C=O) groups is 2. The Labute approximate surface area is 193 Å². The number of carbonyl (C=O) groups excluding carboxylic acids is 2. The first-order chi connectivity index (χ1) is 16.2. The zero-order valence-electron chi connectivity index (χ0n) is 18.8. The molecule has 0 saturated carbocycles. The smallest absolute Gasteiger partial charge is 0.329 e. The Morgan fingerprint density at radius 1 is 1.09 bits per heavy atom. The fraction of sp³-hybridized carbons (Fsp3) is 0.375. The fourth-order valence-corrected chi connectivity index (χ4v) is 3.24. The zero-order chi connectivity index (χ0) is 23.3. The lowest BCUT2D eigenvalue weighted by molar-refractivity contribution is -0.139. The topological polar surface area (TPSA) is 101 Å². The van der Waals surface area contributed by atoms with Crippen molar-refractivity contribution in [3.05, 3.63) is 59.7 Å². The number of morpholine rings is 1. The molecular weight excluding hydrogens is 424 g/mol. The Bertz CT molecular complexity index is 930. The molecule has 0 atom stereocenters. The van der Waals surface area contributed by atoms with Crippen LogP contribution >= 0.6 is 0 Å². The number of nitrogens with zero attached hydrogens (tertiary/aromatic N) is 2. The predicted octanol–water partition coefficient (Wildman–Crippen LogP) is 1.56. The molecule has 1 fully saturated rings. The largest absolute Gasteiger partial charge is 0.493 e. The van der Waals surface area contributed by atoms with Gasteiger partial charge < -0.3 is 19.5 Å². The number of methoxy groups -OCH3 is 1. The highest BCUT2D eigenvalue weighted by molar-refractivity contribution is 6.35. The Balaban J connectivity index is 1.40. The van der Waals surface area contributed by atoms with Crippen LogP contribution < -0.4 is 20.2 Å². The second kappa shape index (κ2) is 13.2. The standard InChI is InChI=1S/C24H30N4O5/c1-31-22-16-20(8-9-21(22)33-18-19-6-3-2-4-7-19)17-26-27-24(30)23(29)25-10-5-11-28-12-14-32-15-13-28/h2-4,6-9,16-17H,5,10-15,18H2,1H3,(H,25,29)(H,27,30)/b26-17-. The third-order valence-electron chi connectivity index (χ3n) is 5.05. The average molecular weight is 455 g/mol. The molecule has 0 aliphatic carbocycles. The normalized spacial score (nSPS) is 14.1. The first kappa shape index (κ1) is 24.2. The Morgan fingerprint density at radius 3 is 2.64 bits per heavy atom. The Hall–Kier alpha value is -3.43. The van der Waals surface area contributed by atoms with Crippen LogP contribution in [-0.4, -0.2) is 69.4 Å². The summed E-state index contributed by atoms with van der Waals surface area (Å²) >= 11 is 0. The Morgan fingerprint density at radius 2 is 1.88 bits per heavy atom. The molecule has 1 heterocycles. The number of rotatable bonds is 10.